The number of fused-ring (bicyclic) bond motifs is 2. The van der Waals surface area contributed by atoms with Crippen molar-refractivity contribution >= 4 is 40.1 Å². The fraction of sp³-hybridized carbons (Fsp3) is 0.105. The normalized spacial score (nSPS) is 12.6. The topological polar surface area (TPSA) is 88.1 Å². The number of nitrogens with two attached hydrogens (primary N) is 1. The third kappa shape index (κ3) is 2.89. The predicted molar refractivity (Wildman–Crippen MR) is 107 cm³/mol. The van der Waals surface area contributed by atoms with Gasteiger partial charge in [-0.2, -0.15) is 5.10 Å². The van der Waals surface area contributed by atoms with E-state index in [9.17, 15) is 0 Å². The number of benzene rings is 2. The molecule has 0 fully saturated rings. The van der Waals surface area contributed by atoms with Gasteiger partial charge in [0.1, 0.15) is 5.82 Å². The minimum Gasteiger partial charge on any atom is -0.454 e. The number of nitrogens with zero attached hydrogens (tertiary/aromatic N) is 4. The molecule has 7 nitrogen and oxygen atoms in total. The number of hydrogen-bond acceptors (Lipinski definition) is 6. The Morgan fingerprint density at radius 3 is 2.64 bits per heavy atom. The lowest BCUT2D eigenvalue weighted by Crippen LogP contribution is -2.01. The van der Waals surface area contributed by atoms with Gasteiger partial charge >= 0.3 is 0 Å². The van der Waals surface area contributed by atoms with Gasteiger partial charge in [0.2, 0.25) is 6.79 Å². The molecule has 0 atom stereocenters. The molecule has 2 aromatic carbocycles. The number of ether oxygens (including phenoxy) is 2. The lowest BCUT2D eigenvalue weighted by Gasteiger charge is -2.06. The first-order chi connectivity index (χ1) is 13.6. The summed E-state index contributed by atoms with van der Waals surface area (Å²) in [5.41, 5.74) is 8.19. The van der Waals surface area contributed by atoms with Crippen molar-refractivity contribution in [1.82, 2.24) is 19.7 Å². The van der Waals surface area contributed by atoms with E-state index in [1.165, 1.54) is 0 Å². The third-order valence-electron chi connectivity index (χ3n) is 4.47. The van der Waals surface area contributed by atoms with Crippen LogP contribution in [0.3, 0.4) is 0 Å². The van der Waals surface area contributed by atoms with Crippen LogP contribution < -0.4 is 15.2 Å². The maximum atomic E-state index is 6.26. The van der Waals surface area contributed by atoms with E-state index in [4.69, 9.17) is 38.4 Å². The second-order valence-corrected chi connectivity index (χ2v) is 7.08. The highest BCUT2D eigenvalue weighted by molar-refractivity contribution is 6.35. The Bertz CT molecular complexity index is 1200. The van der Waals surface area contributed by atoms with Gasteiger partial charge in [0.05, 0.1) is 11.9 Å². The van der Waals surface area contributed by atoms with Gasteiger partial charge in [0.15, 0.2) is 23.0 Å². The Kier molecular flexibility index (Phi) is 3.99. The van der Waals surface area contributed by atoms with Gasteiger partial charge in [-0.3, -0.25) is 4.68 Å². The number of rotatable bonds is 3. The molecule has 0 saturated heterocycles. The molecule has 140 valence electrons. The number of anilines is 1. The van der Waals surface area contributed by atoms with Crippen molar-refractivity contribution in [3.63, 3.8) is 0 Å². The third-order valence-corrected chi connectivity index (χ3v) is 5.18. The Balaban J connectivity index is 1.55. The molecule has 3 heterocycles. The summed E-state index contributed by atoms with van der Waals surface area (Å²) >= 11 is 12.5. The van der Waals surface area contributed by atoms with Crippen molar-refractivity contribution in [2.45, 2.75) is 6.54 Å². The van der Waals surface area contributed by atoms with Crippen LogP contribution >= 0.6 is 23.2 Å². The molecule has 1 aliphatic rings. The molecule has 0 aliphatic carbocycles. The highest BCUT2D eigenvalue weighted by atomic mass is 35.5. The van der Waals surface area contributed by atoms with E-state index < -0.39 is 0 Å². The molecular formula is C19H13Cl2N5O2. The van der Waals surface area contributed by atoms with Crippen molar-refractivity contribution < 1.29 is 9.47 Å². The Morgan fingerprint density at radius 2 is 1.82 bits per heavy atom. The van der Waals surface area contributed by atoms with E-state index in [0.717, 1.165) is 11.1 Å². The van der Waals surface area contributed by atoms with Gasteiger partial charge in [0.25, 0.3) is 0 Å². The molecular weight excluding hydrogens is 401 g/mol. The van der Waals surface area contributed by atoms with Crippen LogP contribution in [0.5, 0.6) is 11.5 Å². The maximum absolute atomic E-state index is 6.26. The molecule has 0 spiro atoms. The molecule has 5 rings (SSSR count). The van der Waals surface area contributed by atoms with Crippen LogP contribution in [0.1, 0.15) is 5.56 Å². The smallest absolute Gasteiger partial charge is 0.231 e. The minimum absolute atomic E-state index is 0.204. The molecule has 2 aromatic heterocycles. The van der Waals surface area contributed by atoms with E-state index in [0.29, 0.717) is 50.8 Å². The highest BCUT2D eigenvalue weighted by Gasteiger charge is 2.17. The quantitative estimate of drug-likeness (QED) is 0.542. The highest BCUT2D eigenvalue weighted by Crippen LogP contribution is 2.35. The SMILES string of the molecule is Nc1nc(-c2ccc3c(c2)OCO3)nc2nn(Cc3c(Cl)cccc3Cl)cc12. The fourth-order valence-corrected chi connectivity index (χ4v) is 3.58. The van der Waals surface area contributed by atoms with Gasteiger partial charge in [-0.15, -0.1) is 0 Å². The van der Waals surface area contributed by atoms with E-state index in [2.05, 4.69) is 15.1 Å². The summed E-state index contributed by atoms with van der Waals surface area (Å²) in [6, 6.07) is 10.9. The zero-order valence-corrected chi connectivity index (χ0v) is 15.9. The molecule has 28 heavy (non-hydrogen) atoms. The number of nitrogen functional groups attached to an aromatic ring is 1. The van der Waals surface area contributed by atoms with Crippen LogP contribution in [0.15, 0.2) is 42.6 Å². The Labute approximate surface area is 169 Å². The van der Waals surface area contributed by atoms with Crippen LogP contribution in [-0.2, 0) is 6.54 Å². The molecule has 0 unspecified atom stereocenters. The van der Waals surface area contributed by atoms with Gasteiger partial charge in [0, 0.05) is 27.4 Å². The molecule has 0 amide bonds. The van der Waals surface area contributed by atoms with Crippen molar-refractivity contribution in [2.24, 2.45) is 0 Å². The summed E-state index contributed by atoms with van der Waals surface area (Å²) in [5.74, 6) is 2.15. The first kappa shape index (κ1) is 17.1. The van der Waals surface area contributed by atoms with Crippen molar-refractivity contribution in [1.29, 1.82) is 0 Å². The first-order valence-corrected chi connectivity index (χ1v) is 9.17. The van der Waals surface area contributed by atoms with E-state index >= 15 is 0 Å². The summed E-state index contributed by atoms with van der Waals surface area (Å²) in [7, 11) is 0. The van der Waals surface area contributed by atoms with Gasteiger partial charge in [-0.1, -0.05) is 29.3 Å². The van der Waals surface area contributed by atoms with Gasteiger partial charge in [-0.05, 0) is 30.3 Å². The van der Waals surface area contributed by atoms with Crippen molar-refractivity contribution in [2.75, 3.05) is 12.5 Å². The second kappa shape index (κ2) is 6.54. The largest absolute Gasteiger partial charge is 0.454 e. The summed E-state index contributed by atoms with van der Waals surface area (Å²) in [4.78, 5) is 8.97. The molecule has 1 aliphatic heterocycles. The van der Waals surface area contributed by atoms with Crippen LogP contribution in [0, 0.1) is 0 Å². The first-order valence-electron chi connectivity index (χ1n) is 8.42. The lowest BCUT2D eigenvalue weighted by atomic mass is 10.2. The van der Waals surface area contributed by atoms with Crippen LogP contribution in [-0.4, -0.2) is 26.5 Å². The molecule has 9 heteroatoms. The summed E-state index contributed by atoms with van der Waals surface area (Å²) in [5, 5.41) is 6.33. The zero-order valence-electron chi connectivity index (χ0n) is 14.4. The number of aromatic nitrogens is 4. The van der Waals surface area contributed by atoms with E-state index in [1.807, 2.05) is 18.2 Å². The molecule has 2 N–H and O–H groups in total. The molecule has 0 bridgehead atoms. The van der Waals surface area contributed by atoms with Crippen molar-refractivity contribution in [3.05, 3.63) is 58.2 Å². The summed E-state index contributed by atoms with van der Waals surface area (Å²) in [6.07, 6.45) is 1.79. The Morgan fingerprint density at radius 1 is 1.04 bits per heavy atom. The van der Waals surface area contributed by atoms with Crippen LogP contribution in [0.4, 0.5) is 5.82 Å². The zero-order chi connectivity index (χ0) is 19.3. The van der Waals surface area contributed by atoms with Gasteiger partial charge < -0.3 is 15.2 Å². The maximum Gasteiger partial charge on any atom is 0.231 e. The number of hydrogen-bond donors (Lipinski definition) is 1. The van der Waals surface area contributed by atoms with E-state index in [1.54, 1.807) is 29.1 Å². The standard InChI is InChI=1S/C19H13Cl2N5O2/c20-13-2-1-3-14(21)11(13)7-26-8-12-17(22)23-18(24-19(12)25-26)10-4-5-15-16(6-10)28-9-27-15/h1-6,8H,7,9H2,(H2,22,23,24,25). The summed E-state index contributed by atoms with van der Waals surface area (Å²) in [6.45, 7) is 0.601. The minimum atomic E-state index is 0.204. The molecule has 4 aromatic rings. The predicted octanol–water partition coefficient (Wildman–Crippen LogP) is 4.16. The van der Waals surface area contributed by atoms with Crippen molar-refractivity contribution in [3.8, 4) is 22.9 Å². The van der Waals surface area contributed by atoms with Crippen LogP contribution in [0.25, 0.3) is 22.4 Å². The molecule has 0 radical (unpaired) electrons. The monoisotopic (exact) mass is 413 g/mol. The molecule has 0 saturated carbocycles. The fourth-order valence-electron chi connectivity index (χ4n) is 3.07. The number of halogens is 2. The lowest BCUT2D eigenvalue weighted by molar-refractivity contribution is 0.174. The van der Waals surface area contributed by atoms with Gasteiger partial charge in [-0.25, -0.2) is 9.97 Å². The van der Waals surface area contributed by atoms with Crippen LogP contribution in [0.2, 0.25) is 10.0 Å². The Hall–Kier alpha value is -3.03. The second-order valence-electron chi connectivity index (χ2n) is 6.26. The average molecular weight is 414 g/mol. The summed E-state index contributed by atoms with van der Waals surface area (Å²) < 4.78 is 12.5. The van der Waals surface area contributed by atoms with E-state index in [-0.39, 0.29) is 6.79 Å². The average Bonchev–Trinajstić information content (AvgIpc) is 3.30.